The van der Waals surface area contributed by atoms with E-state index in [1.807, 2.05) is 0 Å². The Bertz CT molecular complexity index is 54.6. The molecule has 0 aromatic rings. The Labute approximate surface area is 34.5 Å². The molecule has 6 heavy (non-hydrogen) atoms. The van der Waals surface area contributed by atoms with Gasteiger partial charge in [0.05, 0.1) is 0 Å². The van der Waals surface area contributed by atoms with E-state index in [0.717, 1.165) is 0 Å². The molecular weight excluding hydrogens is 106 g/mol. The Morgan fingerprint density at radius 2 is 1.67 bits per heavy atom. The van der Waals surface area contributed by atoms with Crippen LogP contribution in [0, 0.1) is 0 Å². The van der Waals surface area contributed by atoms with Gasteiger partial charge in [0.15, 0.2) is 0 Å². The van der Waals surface area contributed by atoms with Crippen molar-refractivity contribution >= 4 is 9.05 Å². The van der Waals surface area contributed by atoms with Crippen LogP contribution in [0.4, 0.5) is 0 Å². The smallest absolute Gasteiger partial charge is 0.366 e. The van der Waals surface area contributed by atoms with Gasteiger partial charge in [-0.1, -0.05) is 5.64 Å². The summed E-state index contributed by atoms with van der Waals surface area (Å²) in [6.07, 6.45) is 0. The Morgan fingerprint density at radius 3 is 1.67 bits per heavy atom. The monoisotopic (exact) mass is 109 g/mol. The van der Waals surface area contributed by atoms with Crippen molar-refractivity contribution in [1.29, 1.82) is 0 Å². The maximum absolute atomic E-state index is 8.10. The number of hydrogen-bond acceptors (Lipinski definition) is 5. The molecule has 1 aliphatic rings. The minimum atomic E-state index is -3.56. The Balaban J connectivity index is 2.31. The van der Waals surface area contributed by atoms with Gasteiger partial charge < -0.3 is 9.59 Å². The third kappa shape index (κ3) is 0.569. The van der Waals surface area contributed by atoms with Gasteiger partial charge in [-0.2, -0.15) is 0 Å². The van der Waals surface area contributed by atoms with Crippen LogP contribution in [-0.4, -0.2) is 18.6 Å². The second-order valence-corrected chi connectivity index (χ2v) is 2.34. The predicted octanol–water partition coefficient (Wildman–Crippen LogP) is -2.13. The van der Waals surface area contributed by atoms with Crippen molar-refractivity contribution in [2.24, 2.45) is 0 Å². The van der Waals surface area contributed by atoms with E-state index >= 15 is 0 Å². The van der Waals surface area contributed by atoms with Crippen LogP contribution >= 0.6 is 0 Å². The summed E-state index contributed by atoms with van der Waals surface area (Å²) in [4.78, 5) is 16.2. The van der Waals surface area contributed by atoms with E-state index in [1.54, 1.807) is 5.64 Å². The molecule has 0 spiro atoms. The molecule has 1 aliphatic heterocycles. The maximum atomic E-state index is 8.10. The van der Waals surface area contributed by atoms with Crippen LogP contribution in [0.1, 0.15) is 0 Å². The molecule has 0 aromatic carbocycles. The molecule has 1 heterocycles. The second-order valence-electron chi connectivity index (χ2n) is 0.836. The highest BCUT2D eigenvalue weighted by Gasteiger charge is 2.46. The van der Waals surface area contributed by atoms with Crippen LogP contribution in [0.5, 0.6) is 0 Å². The standard InChI is InChI=1S/H3NO4Si/c2-6(3)4-1-5-6/h1-3H. The highest BCUT2D eigenvalue weighted by molar-refractivity contribution is 6.51. The summed E-state index contributed by atoms with van der Waals surface area (Å²) in [5.41, 5.74) is 1.76. The van der Waals surface area contributed by atoms with Crippen LogP contribution in [0.15, 0.2) is 0 Å². The van der Waals surface area contributed by atoms with Crippen molar-refractivity contribution in [1.82, 2.24) is 5.64 Å². The zero-order valence-corrected chi connectivity index (χ0v) is 3.71. The molecule has 3 N–H and O–H groups in total. The molecule has 0 amide bonds. The first kappa shape index (κ1) is 4.18. The summed E-state index contributed by atoms with van der Waals surface area (Å²) < 4.78 is 7.79. The third-order valence-corrected chi connectivity index (χ3v) is 1.05. The number of hydrogen-bond donors (Lipinski definition) is 3. The Kier molecular flexibility index (Phi) is 0.694. The van der Waals surface area contributed by atoms with Crippen molar-refractivity contribution in [3.63, 3.8) is 0 Å². The molecule has 0 saturated carbocycles. The first-order chi connectivity index (χ1) is 2.71. The Morgan fingerprint density at radius 1 is 1.33 bits per heavy atom. The molecule has 1 saturated heterocycles. The van der Waals surface area contributed by atoms with Crippen molar-refractivity contribution in [2.75, 3.05) is 0 Å². The van der Waals surface area contributed by atoms with Crippen LogP contribution in [0.3, 0.4) is 0 Å². The van der Waals surface area contributed by atoms with Crippen LogP contribution < -0.4 is 5.64 Å². The van der Waals surface area contributed by atoms with Gasteiger partial charge in [-0.15, -0.1) is 0 Å². The molecule has 1 fully saturated rings. The first-order valence-corrected chi connectivity index (χ1v) is 2.97. The minimum Gasteiger partial charge on any atom is -0.366 e. The molecule has 36 valence electrons. The van der Waals surface area contributed by atoms with E-state index in [0.29, 0.717) is 0 Å². The zero-order chi connectivity index (χ0) is 4.62. The highest BCUT2D eigenvalue weighted by Crippen LogP contribution is 2.00. The Hall–Kier alpha value is 0.0169. The van der Waals surface area contributed by atoms with Gasteiger partial charge in [-0.05, 0) is 0 Å². The molecule has 0 unspecified atom stereocenters. The average molecular weight is 109 g/mol. The molecule has 0 atom stereocenters. The molecule has 0 bridgehead atoms. The van der Waals surface area contributed by atoms with E-state index in [1.165, 1.54) is 0 Å². The first-order valence-electron chi connectivity index (χ1n) is 1.26. The number of rotatable bonds is 0. The van der Waals surface area contributed by atoms with Gasteiger partial charge in [0, 0.05) is 0 Å². The lowest BCUT2D eigenvalue weighted by Gasteiger charge is -2.23. The molecule has 1 rings (SSSR count). The lowest BCUT2D eigenvalue weighted by Crippen LogP contribution is -2.60. The molecule has 0 radical (unpaired) electrons. The van der Waals surface area contributed by atoms with Crippen LogP contribution in [-0.2, 0) is 9.05 Å². The van der Waals surface area contributed by atoms with Gasteiger partial charge in [0.25, 0.3) is 0 Å². The topological polar surface area (TPSA) is 71.0 Å². The fourth-order valence-electron chi connectivity index (χ4n) is 0.116. The number of nitrogens with one attached hydrogen (secondary N) is 1. The van der Waals surface area contributed by atoms with Crippen molar-refractivity contribution in [2.45, 2.75) is 0 Å². The quantitative estimate of drug-likeness (QED) is 0.310. The van der Waals surface area contributed by atoms with Gasteiger partial charge in [0.1, 0.15) is 0 Å². The molecule has 0 aromatic heterocycles. The van der Waals surface area contributed by atoms with E-state index in [-0.39, 0.29) is 0 Å². The molecular formula is H3NO4Si. The molecule has 6 heteroatoms. The lowest BCUT2D eigenvalue weighted by molar-refractivity contribution is -0.232. The lowest BCUT2D eigenvalue weighted by atomic mass is 13.2. The van der Waals surface area contributed by atoms with E-state index in [4.69, 9.17) is 9.59 Å². The summed E-state index contributed by atoms with van der Waals surface area (Å²) in [5.74, 6) is 0. The van der Waals surface area contributed by atoms with Crippen molar-refractivity contribution in [3.05, 3.63) is 0 Å². The van der Waals surface area contributed by atoms with E-state index in [9.17, 15) is 0 Å². The van der Waals surface area contributed by atoms with Gasteiger partial charge in [-0.3, -0.25) is 0 Å². The van der Waals surface area contributed by atoms with E-state index in [2.05, 4.69) is 9.05 Å². The largest absolute Gasteiger partial charge is 0.712 e. The summed E-state index contributed by atoms with van der Waals surface area (Å²) in [7, 11) is -3.56. The zero-order valence-electron chi connectivity index (χ0n) is 2.71. The minimum absolute atomic E-state index is 1.76. The summed E-state index contributed by atoms with van der Waals surface area (Å²) in [6, 6.07) is 0. The van der Waals surface area contributed by atoms with Crippen molar-refractivity contribution < 1.29 is 18.6 Å². The van der Waals surface area contributed by atoms with Crippen molar-refractivity contribution in [3.8, 4) is 0 Å². The van der Waals surface area contributed by atoms with Gasteiger partial charge in [0.2, 0.25) is 0 Å². The van der Waals surface area contributed by atoms with Gasteiger partial charge >= 0.3 is 9.05 Å². The predicted molar refractivity (Wildman–Crippen MR) is 15.5 cm³/mol. The maximum Gasteiger partial charge on any atom is 0.712 e. The van der Waals surface area contributed by atoms with Gasteiger partial charge in [-0.25, -0.2) is 9.05 Å². The SMILES string of the molecule is O[Si]1(O)ONO1. The summed E-state index contributed by atoms with van der Waals surface area (Å²) in [6.45, 7) is 0. The fourth-order valence-corrected chi connectivity index (χ4v) is 0.349. The fraction of sp³-hybridized carbons (Fsp3) is 0. The third-order valence-electron chi connectivity index (χ3n) is 0.349. The molecule has 0 aliphatic carbocycles. The summed E-state index contributed by atoms with van der Waals surface area (Å²) in [5, 5.41) is 0. The van der Waals surface area contributed by atoms with Crippen LogP contribution in [0.25, 0.3) is 0 Å². The summed E-state index contributed by atoms with van der Waals surface area (Å²) >= 11 is 0. The van der Waals surface area contributed by atoms with E-state index < -0.39 is 9.05 Å². The average Bonchev–Trinajstić information content (AvgIpc) is 1.32. The van der Waals surface area contributed by atoms with Crippen LogP contribution in [0.2, 0.25) is 0 Å². The molecule has 5 nitrogen and oxygen atoms in total. The highest BCUT2D eigenvalue weighted by atomic mass is 28.4. The second kappa shape index (κ2) is 0.996. The normalized spacial score (nSPS) is 29.0.